The first kappa shape index (κ1) is 25.0. The van der Waals surface area contributed by atoms with Crippen LogP contribution in [0.25, 0.3) is 10.9 Å². The molecule has 1 fully saturated rings. The number of nitrogens with zero attached hydrogens (tertiary/aromatic N) is 2. The fraction of sp³-hybridized carbons (Fsp3) is 0.429. The van der Waals surface area contributed by atoms with E-state index in [-0.39, 0.29) is 18.2 Å². The van der Waals surface area contributed by atoms with Crippen LogP contribution in [0.15, 0.2) is 54.7 Å². The Hall–Kier alpha value is -3.06. The number of carboxylic acids is 1. The molecule has 3 aromatic rings. The van der Waals surface area contributed by atoms with Crippen molar-refractivity contribution in [1.82, 2.24) is 9.88 Å². The van der Waals surface area contributed by atoms with Crippen LogP contribution in [0.5, 0.6) is 5.75 Å². The molecule has 0 saturated carbocycles. The summed E-state index contributed by atoms with van der Waals surface area (Å²) >= 11 is 0. The molecule has 1 unspecified atom stereocenters. The van der Waals surface area contributed by atoms with E-state index in [0.29, 0.717) is 29.8 Å². The highest BCUT2D eigenvalue weighted by atomic mass is 19.1. The molecule has 186 valence electrons. The van der Waals surface area contributed by atoms with Crippen LogP contribution in [-0.4, -0.2) is 47.7 Å². The fourth-order valence-corrected chi connectivity index (χ4v) is 5.16. The molecule has 0 spiro atoms. The van der Waals surface area contributed by atoms with Crippen LogP contribution in [0.4, 0.5) is 8.78 Å². The molecule has 35 heavy (non-hydrogen) atoms. The lowest BCUT2D eigenvalue weighted by Crippen LogP contribution is -2.44. The lowest BCUT2D eigenvalue weighted by atomic mass is 9.81. The zero-order valence-corrected chi connectivity index (χ0v) is 20.0. The molecular weight excluding hydrogens is 450 g/mol. The van der Waals surface area contributed by atoms with Gasteiger partial charge in [-0.1, -0.05) is 12.1 Å². The number of fused-ring (bicyclic) bond motifs is 1. The number of carbonyl (C=O) groups is 1. The monoisotopic (exact) mass is 482 g/mol. The number of hydrogen-bond donors (Lipinski definition) is 1. The number of alkyl halides is 1. The molecular formula is C28H32F2N2O3. The summed E-state index contributed by atoms with van der Waals surface area (Å²) in [6, 6.07) is 13.7. The van der Waals surface area contributed by atoms with E-state index in [2.05, 4.69) is 9.88 Å². The normalized spacial score (nSPS) is 19.5. The second-order valence-corrected chi connectivity index (χ2v) is 9.36. The summed E-state index contributed by atoms with van der Waals surface area (Å²) in [4.78, 5) is 18.5. The SMILES string of the molecule is COc1ccc2nccc(C(F)CC[C@@H]3CCN(CCCc4cccc(F)c4)C[C@@H]3C(=O)O)c2c1. The number of pyridine rings is 1. The Labute approximate surface area is 204 Å². The van der Waals surface area contributed by atoms with Gasteiger partial charge in [-0.2, -0.15) is 0 Å². The van der Waals surface area contributed by atoms with Gasteiger partial charge in [0.2, 0.25) is 0 Å². The van der Waals surface area contributed by atoms with E-state index in [1.165, 1.54) is 6.07 Å². The van der Waals surface area contributed by atoms with Gasteiger partial charge >= 0.3 is 5.97 Å². The molecule has 1 saturated heterocycles. The number of benzene rings is 2. The molecule has 1 aliphatic rings. The van der Waals surface area contributed by atoms with Crippen LogP contribution in [0.1, 0.15) is 43.0 Å². The maximum absolute atomic E-state index is 15.4. The van der Waals surface area contributed by atoms with Gasteiger partial charge in [0.15, 0.2) is 0 Å². The van der Waals surface area contributed by atoms with Crippen molar-refractivity contribution in [3.8, 4) is 5.75 Å². The molecule has 1 aliphatic heterocycles. The van der Waals surface area contributed by atoms with Gasteiger partial charge < -0.3 is 14.7 Å². The van der Waals surface area contributed by atoms with Crippen LogP contribution < -0.4 is 4.74 Å². The molecule has 2 aromatic carbocycles. The quantitative estimate of drug-likeness (QED) is 0.394. The number of aromatic nitrogens is 1. The first-order chi connectivity index (χ1) is 16.9. The summed E-state index contributed by atoms with van der Waals surface area (Å²) < 4.78 is 34.0. The highest BCUT2D eigenvalue weighted by Gasteiger charge is 2.34. The zero-order valence-electron chi connectivity index (χ0n) is 20.0. The van der Waals surface area contributed by atoms with Crippen LogP contribution in [0, 0.1) is 17.7 Å². The number of hydrogen-bond acceptors (Lipinski definition) is 4. The minimum Gasteiger partial charge on any atom is -0.497 e. The van der Waals surface area contributed by atoms with Crippen molar-refractivity contribution in [2.45, 2.75) is 38.3 Å². The number of halogens is 2. The molecule has 2 heterocycles. The molecule has 0 aliphatic carbocycles. The third-order valence-corrected chi connectivity index (χ3v) is 7.10. The summed E-state index contributed by atoms with van der Waals surface area (Å²) in [6.45, 7) is 2.03. The van der Waals surface area contributed by atoms with Gasteiger partial charge in [0.05, 0.1) is 18.5 Å². The van der Waals surface area contributed by atoms with Crippen molar-refractivity contribution in [3.05, 3.63) is 71.7 Å². The fourth-order valence-electron chi connectivity index (χ4n) is 5.16. The van der Waals surface area contributed by atoms with E-state index in [1.54, 1.807) is 43.6 Å². The molecule has 7 heteroatoms. The second kappa shape index (κ2) is 11.6. The van der Waals surface area contributed by atoms with Crippen LogP contribution in [0.3, 0.4) is 0 Å². The maximum Gasteiger partial charge on any atom is 0.308 e. The van der Waals surface area contributed by atoms with E-state index in [1.807, 2.05) is 12.1 Å². The van der Waals surface area contributed by atoms with E-state index in [4.69, 9.17) is 4.74 Å². The van der Waals surface area contributed by atoms with E-state index < -0.39 is 18.1 Å². The summed E-state index contributed by atoms with van der Waals surface area (Å²) in [5.74, 6) is -0.986. The van der Waals surface area contributed by atoms with Crippen molar-refractivity contribution in [2.24, 2.45) is 11.8 Å². The van der Waals surface area contributed by atoms with Gasteiger partial charge in [-0.3, -0.25) is 9.78 Å². The lowest BCUT2D eigenvalue weighted by Gasteiger charge is -2.37. The number of methoxy groups -OCH3 is 1. The van der Waals surface area contributed by atoms with Gasteiger partial charge in [0.1, 0.15) is 17.7 Å². The third-order valence-electron chi connectivity index (χ3n) is 7.10. The summed E-state index contributed by atoms with van der Waals surface area (Å²) in [6.07, 6.45) is 3.52. The summed E-state index contributed by atoms with van der Waals surface area (Å²) in [7, 11) is 1.57. The number of rotatable bonds is 10. The predicted molar refractivity (Wildman–Crippen MR) is 132 cm³/mol. The van der Waals surface area contributed by atoms with Gasteiger partial charge in [-0.25, -0.2) is 8.78 Å². The molecule has 3 atom stereocenters. The number of carboxylic acid groups (broad SMARTS) is 1. The van der Waals surface area contributed by atoms with Gasteiger partial charge in [-0.15, -0.1) is 0 Å². The Morgan fingerprint density at radius 2 is 2.11 bits per heavy atom. The molecule has 5 nitrogen and oxygen atoms in total. The van der Waals surface area contributed by atoms with Crippen LogP contribution in [0.2, 0.25) is 0 Å². The number of aryl methyl sites for hydroxylation is 1. The molecule has 1 aromatic heterocycles. The zero-order chi connectivity index (χ0) is 24.8. The standard InChI is InChI=1S/C28H32F2N2O3/c1-35-22-8-10-27-24(17-22)23(11-13-31-27)26(30)9-7-20-12-15-32(18-25(20)28(33)34)14-3-5-19-4-2-6-21(29)16-19/h2,4,6,8,10-11,13,16-17,20,25-26H,3,5,7,9,12,14-15,18H2,1H3,(H,33,34)/t20-,25+,26?/m1/s1. The van der Waals surface area contributed by atoms with Crippen molar-refractivity contribution >= 4 is 16.9 Å². The van der Waals surface area contributed by atoms with Crippen molar-refractivity contribution in [3.63, 3.8) is 0 Å². The van der Waals surface area contributed by atoms with Crippen LogP contribution in [-0.2, 0) is 11.2 Å². The van der Waals surface area contributed by atoms with Crippen molar-refractivity contribution in [1.29, 1.82) is 0 Å². The Bertz CT molecular complexity index is 1160. The van der Waals surface area contributed by atoms with Gasteiger partial charge in [0.25, 0.3) is 0 Å². The summed E-state index contributed by atoms with van der Waals surface area (Å²) in [5, 5.41) is 10.6. The third kappa shape index (κ3) is 6.34. The average molecular weight is 483 g/mol. The van der Waals surface area contributed by atoms with Crippen LogP contribution >= 0.6 is 0 Å². The lowest BCUT2D eigenvalue weighted by molar-refractivity contribution is -0.146. The molecule has 0 bridgehead atoms. The molecule has 4 rings (SSSR count). The number of ether oxygens (including phenoxy) is 1. The Kier molecular flexibility index (Phi) is 8.29. The Morgan fingerprint density at radius 3 is 2.89 bits per heavy atom. The molecule has 0 amide bonds. The number of piperidine rings is 1. The number of likely N-dealkylation sites (tertiary alicyclic amines) is 1. The minimum atomic E-state index is -1.20. The average Bonchev–Trinajstić information content (AvgIpc) is 2.87. The highest BCUT2D eigenvalue weighted by Crippen LogP contribution is 2.35. The second-order valence-electron chi connectivity index (χ2n) is 9.36. The largest absolute Gasteiger partial charge is 0.497 e. The van der Waals surface area contributed by atoms with Crippen molar-refractivity contribution in [2.75, 3.05) is 26.7 Å². The highest BCUT2D eigenvalue weighted by molar-refractivity contribution is 5.83. The van der Waals surface area contributed by atoms with E-state index in [9.17, 15) is 14.3 Å². The van der Waals surface area contributed by atoms with E-state index >= 15 is 4.39 Å². The van der Waals surface area contributed by atoms with Crippen molar-refractivity contribution < 1.29 is 23.4 Å². The van der Waals surface area contributed by atoms with E-state index in [0.717, 1.165) is 43.3 Å². The predicted octanol–water partition coefficient (Wildman–Crippen LogP) is 5.83. The topological polar surface area (TPSA) is 62.7 Å². The Balaban J connectivity index is 1.33. The first-order valence-corrected chi connectivity index (χ1v) is 12.2. The Morgan fingerprint density at radius 1 is 1.26 bits per heavy atom. The summed E-state index contributed by atoms with van der Waals surface area (Å²) in [5.41, 5.74) is 2.22. The van der Waals surface area contributed by atoms with Gasteiger partial charge in [0, 0.05) is 18.1 Å². The van der Waals surface area contributed by atoms with Gasteiger partial charge in [-0.05, 0) is 98.6 Å². The molecule has 0 radical (unpaired) electrons. The smallest absolute Gasteiger partial charge is 0.308 e. The number of aliphatic carboxylic acids is 1. The first-order valence-electron chi connectivity index (χ1n) is 12.2. The molecule has 1 N–H and O–H groups in total. The minimum absolute atomic E-state index is 0.0622. The maximum atomic E-state index is 15.4.